The summed E-state index contributed by atoms with van der Waals surface area (Å²) in [5.41, 5.74) is 1.03. The number of aliphatic hydroxyl groups is 1. The number of carbonyl (C=O) groups is 1. The maximum Gasteiger partial charge on any atom is 0.226 e. The highest BCUT2D eigenvalue weighted by molar-refractivity contribution is 5.80. The third-order valence-electron chi connectivity index (χ3n) is 4.70. The van der Waals surface area contributed by atoms with Gasteiger partial charge in [-0.1, -0.05) is 50.6 Å². The molecular weight excluding hydrogens is 262 g/mol. The summed E-state index contributed by atoms with van der Waals surface area (Å²) in [6.45, 7) is 5.14. The van der Waals surface area contributed by atoms with Crippen molar-refractivity contribution in [3.8, 4) is 0 Å². The van der Waals surface area contributed by atoms with Gasteiger partial charge >= 0.3 is 0 Å². The van der Waals surface area contributed by atoms with Crippen molar-refractivity contribution >= 4 is 5.91 Å². The summed E-state index contributed by atoms with van der Waals surface area (Å²) in [5.74, 6) is 0.944. The van der Waals surface area contributed by atoms with Crippen molar-refractivity contribution in [1.82, 2.24) is 4.90 Å². The first-order valence-corrected chi connectivity index (χ1v) is 8.13. The molecule has 1 N–H and O–H groups in total. The largest absolute Gasteiger partial charge is 0.394 e. The summed E-state index contributed by atoms with van der Waals surface area (Å²) >= 11 is 0. The van der Waals surface area contributed by atoms with Gasteiger partial charge in [0, 0.05) is 12.5 Å². The van der Waals surface area contributed by atoms with Gasteiger partial charge in [-0.05, 0) is 30.7 Å². The molecule has 1 aromatic carbocycles. The quantitative estimate of drug-likeness (QED) is 0.872. The van der Waals surface area contributed by atoms with Crippen LogP contribution >= 0.6 is 0 Å². The number of piperidine rings is 1. The second-order valence-corrected chi connectivity index (χ2v) is 6.23. The van der Waals surface area contributed by atoms with E-state index < -0.39 is 0 Å². The molecular formula is C18H27NO2. The molecule has 0 saturated carbocycles. The van der Waals surface area contributed by atoms with Crippen molar-refractivity contribution in [3.63, 3.8) is 0 Å². The van der Waals surface area contributed by atoms with E-state index in [9.17, 15) is 9.90 Å². The molecule has 1 aliphatic heterocycles. The van der Waals surface area contributed by atoms with E-state index in [1.54, 1.807) is 0 Å². The molecule has 1 aliphatic rings. The lowest BCUT2D eigenvalue weighted by Gasteiger charge is -2.38. The van der Waals surface area contributed by atoms with Crippen LogP contribution in [0.4, 0.5) is 0 Å². The van der Waals surface area contributed by atoms with Gasteiger partial charge < -0.3 is 10.0 Å². The molecule has 1 fully saturated rings. The maximum absolute atomic E-state index is 12.8. The number of hydrogen-bond donors (Lipinski definition) is 1. The lowest BCUT2D eigenvalue weighted by molar-refractivity contribution is -0.143. The monoisotopic (exact) mass is 289 g/mol. The average Bonchev–Trinajstić information content (AvgIpc) is 2.52. The number of hydrogen-bond acceptors (Lipinski definition) is 2. The Balaban J connectivity index is 2.12. The van der Waals surface area contributed by atoms with Crippen LogP contribution in [0.15, 0.2) is 30.3 Å². The highest BCUT2D eigenvalue weighted by Gasteiger charge is 2.33. The van der Waals surface area contributed by atoms with Crippen LogP contribution in [0, 0.1) is 11.8 Å². The summed E-state index contributed by atoms with van der Waals surface area (Å²) in [6.07, 6.45) is 4.12. The van der Waals surface area contributed by atoms with E-state index in [1.807, 2.05) is 35.2 Å². The first-order chi connectivity index (χ1) is 10.2. The number of benzene rings is 1. The summed E-state index contributed by atoms with van der Waals surface area (Å²) in [7, 11) is 0. The summed E-state index contributed by atoms with van der Waals surface area (Å²) < 4.78 is 0. The average molecular weight is 289 g/mol. The number of nitrogens with zero attached hydrogens (tertiary/aromatic N) is 1. The molecule has 0 unspecified atom stereocenters. The number of aliphatic hydroxyl groups excluding tert-OH is 1. The molecule has 3 nitrogen and oxygen atoms in total. The maximum atomic E-state index is 12.8. The standard InChI is InChI=1S/C18H27NO2/c1-3-14(2)12-16-10-7-11-19(18(16)21)17(13-20)15-8-5-4-6-9-15/h4-6,8-9,14,16-17,20H,3,7,10-13H2,1-2H3/t14-,16+,17-/m0/s1. The third-order valence-corrected chi connectivity index (χ3v) is 4.70. The Bertz CT molecular complexity index is 446. The van der Waals surface area contributed by atoms with E-state index in [0.29, 0.717) is 5.92 Å². The zero-order valence-electron chi connectivity index (χ0n) is 13.2. The van der Waals surface area contributed by atoms with E-state index in [4.69, 9.17) is 0 Å². The van der Waals surface area contributed by atoms with Gasteiger partial charge in [0.25, 0.3) is 0 Å². The predicted molar refractivity (Wildman–Crippen MR) is 84.8 cm³/mol. The summed E-state index contributed by atoms with van der Waals surface area (Å²) in [5, 5.41) is 9.77. The number of amides is 1. The topological polar surface area (TPSA) is 40.5 Å². The van der Waals surface area contributed by atoms with Crippen LogP contribution < -0.4 is 0 Å². The van der Waals surface area contributed by atoms with Crippen LogP contribution in [0.2, 0.25) is 0 Å². The van der Waals surface area contributed by atoms with E-state index in [1.165, 1.54) is 0 Å². The molecule has 0 bridgehead atoms. The number of carbonyl (C=O) groups excluding carboxylic acids is 1. The zero-order valence-corrected chi connectivity index (χ0v) is 13.2. The van der Waals surface area contributed by atoms with Crippen molar-refractivity contribution in [3.05, 3.63) is 35.9 Å². The van der Waals surface area contributed by atoms with Crippen molar-refractivity contribution in [2.24, 2.45) is 11.8 Å². The normalized spacial score (nSPS) is 22.1. The van der Waals surface area contributed by atoms with Crippen LogP contribution in [-0.2, 0) is 4.79 Å². The fourth-order valence-electron chi connectivity index (χ4n) is 3.22. The molecule has 0 spiro atoms. The van der Waals surface area contributed by atoms with Gasteiger partial charge in [-0.25, -0.2) is 0 Å². The van der Waals surface area contributed by atoms with Crippen LogP contribution in [0.5, 0.6) is 0 Å². The first kappa shape index (κ1) is 16.0. The third kappa shape index (κ3) is 3.85. The van der Waals surface area contributed by atoms with Gasteiger partial charge in [-0.15, -0.1) is 0 Å². The molecule has 0 radical (unpaired) electrons. The second-order valence-electron chi connectivity index (χ2n) is 6.23. The molecule has 0 aliphatic carbocycles. The SMILES string of the molecule is CC[C@H](C)C[C@H]1CCCN([C@@H](CO)c2ccccc2)C1=O. The molecule has 1 amide bonds. The highest BCUT2D eigenvalue weighted by Crippen LogP contribution is 2.31. The van der Waals surface area contributed by atoms with E-state index in [2.05, 4.69) is 13.8 Å². The van der Waals surface area contributed by atoms with Gasteiger partial charge in [0.1, 0.15) is 0 Å². The van der Waals surface area contributed by atoms with Gasteiger partial charge in [0.05, 0.1) is 12.6 Å². The molecule has 3 atom stereocenters. The van der Waals surface area contributed by atoms with Gasteiger partial charge in [0.15, 0.2) is 0 Å². The van der Waals surface area contributed by atoms with E-state index >= 15 is 0 Å². The summed E-state index contributed by atoms with van der Waals surface area (Å²) in [4.78, 5) is 14.7. The first-order valence-electron chi connectivity index (χ1n) is 8.13. The predicted octanol–water partition coefficient (Wildman–Crippen LogP) is 3.39. The Morgan fingerprint density at radius 3 is 2.67 bits per heavy atom. The smallest absolute Gasteiger partial charge is 0.226 e. The van der Waals surface area contributed by atoms with Gasteiger partial charge in [0.2, 0.25) is 5.91 Å². The minimum atomic E-state index is -0.196. The number of likely N-dealkylation sites (tertiary alicyclic amines) is 1. The summed E-state index contributed by atoms with van der Waals surface area (Å²) in [6, 6.07) is 9.67. The lowest BCUT2D eigenvalue weighted by atomic mass is 9.86. The molecule has 1 aromatic rings. The Labute approximate surface area is 128 Å². The van der Waals surface area contributed by atoms with Crippen LogP contribution in [0.3, 0.4) is 0 Å². The lowest BCUT2D eigenvalue weighted by Crippen LogP contribution is -2.44. The van der Waals surface area contributed by atoms with Crippen LogP contribution in [0.1, 0.15) is 51.1 Å². The van der Waals surface area contributed by atoms with Crippen molar-refractivity contribution in [1.29, 1.82) is 0 Å². The molecule has 1 heterocycles. The van der Waals surface area contributed by atoms with Crippen molar-refractivity contribution in [2.75, 3.05) is 13.2 Å². The Hall–Kier alpha value is -1.35. The molecule has 116 valence electrons. The van der Waals surface area contributed by atoms with Gasteiger partial charge in [-0.3, -0.25) is 4.79 Å². The molecule has 3 heteroatoms. The minimum Gasteiger partial charge on any atom is -0.394 e. The minimum absolute atomic E-state index is 0.00813. The molecule has 21 heavy (non-hydrogen) atoms. The Morgan fingerprint density at radius 1 is 1.33 bits per heavy atom. The van der Waals surface area contributed by atoms with E-state index in [-0.39, 0.29) is 24.5 Å². The van der Waals surface area contributed by atoms with Crippen molar-refractivity contribution in [2.45, 2.75) is 45.6 Å². The Kier molecular flexibility index (Phi) is 5.80. The molecule has 1 saturated heterocycles. The van der Waals surface area contributed by atoms with Crippen molar-refractivity contribution < 1.29 is 9.90 Å². The molecule has 2 rings (SSSR count). The zero-order chi connectivity index (χ0) is 15.2. The fourth-order valence-corrected chi connectivity index (χ4v) is 3.22. The number of rotatable bonds is 6. The fraction of sp³-hybridized carbons (Fsp3) is 0.611. The Morgan fingerprint density at radius 2 is 2.05 bits per heavy atom. The van der Waals surface area contributed by atoms with E-state index in [0.717, 1.165) is 37.8 Å². The second kappa shape index (κ2) is 7.60. The van der Waals surface area contributed by atoms with Crippen LogP contribution in [-0.4, -0.2) is 29.1 Å². The molecule has 0 aromatic heterocycles. The van der Waals surface area contributed by atoms with Gasteiger partial charge in [-0.2, -0.15) is 0 Å². The van der Waals surface area contributed by atoms with Crippen LogP contribution in [0.25, 0.3) is 0 Å². The highest BCUT2D eigenvalue weighted by atomic mass is 16.3.